The predicted molar refractivity (Wildman–Crippen MR) is 73.4 cm³/mol. The van der Waals surface area contributed by atoms with Crippen molar-refractivity contribution in [1.82, 2.24) is 5.32 Å². The van der Waals surface area contributed by atoms with Crippen LogP contribution < -0.4 is 11.1 Å². The van der Waals surface area contributed by atoms with Crippen LogP contribution in [0, 0.1) is 24.6 Å². The average Bonchev–Trinajstić information content (AvgIpc) is 2.83. The van der Waals surface area contributed by atoms with Gasteiger partial charge in [0.25, 0.3) is 5.91 Å². The summed E-state index contributed by atoms with van der Waals surface area (Å²) in [6, 6.07) is 4.67. The van der Waals surface area contributed by atoms with Crippen molar-refractivity contribution in [2.45, 2.75) is 26.2 Å². The van der Waals surface area contributed by atoms with Gasteiger partial charge < -0.3 is 11.1 Å². The number of carbonyl (C=O) groups is 1. The second-order valence-corrected chi connectivity index (χ2v) is 5.38. The molecule has 3 nitrogen and oxygen atoms in total. The summed E-state index contributed by atoms with van der Waals surface area (Å²) in [7, 11) is 0. The molecule has 2 unspecified atom stereocenters. The molecule has 2 rings (SSSR count). The number of amides is 1. The molecule has 1 aromatic rings. The summed E-state index contributed by atoms with van der Waals surface area (Å²) in [5.41, 5.74) is 6.64. The van der Waals surface area contributed by atoms with Crippen molar-refractivity contribution < 1.29 is 9.18 Å². The Balaban J connectivity index is 1.94. The lowest BCUT2D eigenvalue weighted by Gasteiger charge is -2.18. The maximum Gasteiger partial charge on any atom is 0.254 e. The van der Waals surface area contributed by atoms with E-state index in [2.05, 4.69) is 5.32 Å². The maximum absolute atomic E-state index is 13.7. The molecule has 0 bridgehead atoms. The van der Waals surface area contributed by atoms with Crippen molar-refractivity contribution >= 4 is 5.91 Å². The Morgan fingerprint density at radius 1 is 1.42 bits per heavy atom. The van der Waals surface area contributed by atoms with E-state index in [1.165, 1.54) is 18.6 Å². The summed E-state index contributed by atoms with van der Waals surface area (Å²) >= 11 is 0. The largest absolute Gasteiger partial charge is 0.352 e. The number of aryl methyl sites for hydroxylation is 1. The van der Waals surface area contributed by atoms with Crippen LogP contribution in [0.5, 0.6) is 0 Å². The van der Waals surface area contributed by atoms with Crippen LogP contribution in [-0.2, 0) is 0 Å². The number of benzene rings is 1. The van der Waals surface area contributed by atoms with Gasteiger partial charge in [-0.15, -0.1) is 0 Å². The van der Waals surface area contributed by atoms with Crippen LogP contribution in [0.2, 0.25) is 0 Å². The molecule has 1 fully saturated rings. The molecule has 1 amide bonds. The molecule has 0 saturated heterocycles. The molecule has 0 aromatic heterocycles. The summed E-state index contributed by atoms with van der Waals surface area (Å²) in [6.07, 6.45) is 3.40. The maximum atomic E-state index is 13.7. The minimum absolute atomic E-state index is 0.118. The topological polar surface area (TPSA) is 55.1 Å². The van der Waals surface area contributed by atoms with Crippen molar-refractivity contribution in [1.29, 1.82) is 0 Å². The van der Waals surface area contributed by atoms with Gasteiger partial charge in [-0.3, -0.25) is 4.79 Å². The fourth-order valence-corrected chi connectivity index (χ4v) is 2.82. The molecule has 0 aliphatic heterocycles. The Hall–Kier alpha value is -1.42. The first-order valence-corrected chi connectivity index (χ1v) is 6.86. The summed E-state index contributed by atoms with van der Waals surface area (Å²) < 4.78 is 13.7. The van der Waals surface area contributed by atoms with Crippen LogP contribution in [-0.4, -0.2) is 19.0 Å². The van der Waals surface area contributed by atoms with Crippen LogP contribution >= 0.6 is 0 Å². The summed E-state index contributed by atoms with van der Waals surface area (Å²) in [4.78, 5) is 11.9. The number of halogens is 1. The third-order valence-corrected chi connectivity index (χ3v) is 4.01. The first kappa shape index (κ1) is 14.0. The van der Waals surface area contributed by atoms with Gasteiger partial charge in [-0.25, -0.2) is 4.39 Å². The van der Waals surface area contributed by atoms with E-state index >= 15 is 0 Å². The monoisotopic (exact) mass is 264 g/mol. The zero-order valence-electron chi connectivity index (χ0n) is 11.3. The molecule has 4 heteroatoms. The SMILES string of the molecule is Cc1ccc(C(=O)NCC2CCCC2CN)c(F)c1. The lowest BCUT2D eigenvalue weighted by molar-refractivity contribution is 0.0940. The van der Waals surface area contributed by atoms with Gasteiger partial charge in [-0.2, -0.15) is 0 Å². The van der Waals surface area contributed by atoms with Crippen LogP contribution in [0.25, 0.3) is 0 Å². The van der Waals surface area contributed by atoms with Gasteiger partial charge in [0.1, 0.15) is 5.82 Å². The first-order chi connectivity index (χ1) is 9.11. The molecule has 0 radical (unpaired) electrons. The fourth-order valence-electron chi connectivity index (χ4n) is 2.82. The third-order valence-electron chi connectivity index (χ3n) is 4.01. The molecule has 1 saturated carbocycles. The van der Waals surface area contributed by atoms with E-state index in [9.17, 15) is 9.18 Å². The molecule has 0 spiro atoms. The molecule has 19 heavy (non-hydrogen) atoms. The lowest BCUT2D eigenvalue weighted by Crippen LogP contribution is -2.33. The molecule has 1 aliphatic rings. The predicted octanol–water partition coefficient (Wildman–Crippen LogP) is 2.24. The Bertz CT molecular complexity index is 461. The Morgan fingerprint density at radius 2 is 2.16 bits per heavy atom. The molecule has 3 N–H and O–H groups in total. The van der Waals surface area contributed by atoms with Crippen LogP contribution in [0.15, 0.2) is 18.2 Å². The Kier molecular flexibility index (Phi) is 4.53. The van der Waals surface area contributed by atoms with E-state index in [0.29, 0.717) is 24.9 Å². The number of carbonyl (C=O) groups excluding carboxylic acids is 1. The minimum atomic E-state index is -0.459. The van der Waals surface area contributed by atoms with Gasteiger partial charge in [-0.1, -0.05) is 12.5 Å². The number of nitrogens with two attached hydrogens (primary N) is 1. The van der Waals surface area contributed by atoms with E-state index < -0.39 is 5.82 Å². The highest BCUT2D eigenvalue weighted by atomic mass is 19.1. The van der Waals surface area contributed by atoms with Gasteiger partial charge in [0, 0.05) is 6.54 Å². The Morgan fingerprint density at radius 3 is 2.84 bits per heavy atom. The standard InChI is InChI=1S/C15H21FN2O/c1-10-5-6-13(14(16)7-10)15(19)18-9-12-4-2-3-11(12)8-17/h5-7,11-12H,2-4,8-9,17H2,1H3,(H,18,19). The van der Waals surface area contributed by atoms with E-state index in [0.717, 1.165) is 18.4 Å². The summed E-state index contributed by atoms with van der Waals surface area (Å²) in [6.45, 7) is 3.06. The smallest absolute Gasteiger partial charge is 0.254 e. The second kappa shape index (κ2) is 6.15. The molecule has 104 valence electrons. The Labute approximate surface area is 113 Å². The van der Waals surface area contributed by atoms with Crippen molar-refractivity contribution in [3.63, 3.8) is 0 Å². The fraction of sp³-hybridized carbons (Fsp3) is 0.533. The van der Waals surface area contributed by atoms with E-state index in [1.807, 2.05) is 0 Å². The van der Waals surface area contributed by atoms with Crippen molar-refractivity contribution in [2.75, 3.05) is 13.1 Å². The normalized spacial score (nSPS) is 22.5. The highest BCUT2D eigenvalue weighted by molar-refractivity contribution is 5.94. The minimum Gasteiger partial charge on any atom is -0.352 e. The van der Waals surface area contributed by atoms with E-state index in [-0.39, 0.29) is 11.5 Å². The highest BCUT2D eigenvalue weighted by Crippen LogP contribution is 2.30. The zero-order valence-corrected chi connectivity index (χ0v) is 11.3. The van der Waals surface area contributed by atoms with Crippen LogP contribution in [0.3, 0.4) is 0 Å². The number of rotatable bonds is 4. The molecule has 1 aromatic carbocycles. The second-order valence-electron chi connectivity index (χ2n) is 5.38. The van der Waals surface area contributed by atoms with Gasteiger partial charge in [-0.05, 0) is 55.8 Å². The average molecular weight is 264 g/mol. The van der Waals surface area contributed by atoms with Gasteiger partial charge >= 0.3 is 0 Å². The molecular weight excluding hydrogens is 243 g/mol. The molecule has 0 heterocycles. The molecular formula is C15H21FN2O. The summed E-state index contributed by atoms with van der Waals surface area (Å²) in [5, 5.41) is 2.83. The van der Waals surface area contributed by atoms with Crippen molar-refractivity contribution in [2.24, 2.45) is 17.6 Å². The van der Waals surface area contributed by atoms with Crippen LogP contribution in [0.1, 0.15) is 35.2 Å². The van der Waals surface area contributed by atoms with Crippen LogP contribution in [0.4, 0.5) is 4.39 Å². The molecule has 2 atom stereocenters. The summed E-state index contributed by atoms with van der Waals surface area (Å²) in [5.74, 6) is 0.130. The molecule has 1 aliphatic carbocycles. The van der Waals surface area contributed by atoms with Gasteiger partial charge in [0.2, 0.25) is 0 Å². The number of hydrogen-bond donors (Lipinski definition) is 2. The van der Waals surface area contributed by atoms with Crippen molar-refractivity contribution in [3.05, 3.63) is 35.1 Å². The van der Waals surface area contributed by atoms with E-state index in [1.54, 1.807) is 13.0 Å². The van der Waals surface area contributed by atoms with Gasteiger partial charge in [0.15, 0.2) is 0 Å². The zero-order chi connectivity index (χ0) is 13.8. The van der Waals surface area contributed by atoms with Gasteiger partial charge in [0.05, 0.1) is 5.56 Å². The number of hydrogen-bond acceptors (Lipinski definition) is 2. The third kappa shape index (κ3) is 3.32. The van der Waals surface area contributed by atoms with E-state index in [4.69, 9.17) is 5.73 Å². The lowest BCUT2D eigenvalue weighted by atomic mass is 9.96. The quantitative estimate of drug-likeness (QED) is 0.876. The first-order valence-electron chi connectivity index (χ1n) is 6.86. The number of nitrogens with one attached hydrogen (secondary N) is 1. The van der Waals surface area contributed by atoms with Crippen molar-refractivity contribution in [3.8, 4) is 0 Å². The highest BCUT2D eigenvalue weighted by Gasteiger charge is 2.26.